The standard InChI is InChI=1S/C18H20F3N3O3S2/c1-11-6-7-13(29(26,27)24-8-4-3-5-12(24)2)9-14(11)16(25)23-17-22-15(10-28-17)18(19,20)21/h6-7,9-10,12H,3-5,8H2,1-2H3,(H,22,23,25). The number of nitrogens with one attached hydrogen (secondary N) is 1. The molecule has 1 fully saturated rings. The summed E-state index contributed by atoms with van der Waals surface area (Å²) in [4.78, 5) is 15.9. The normalized spacial score (nSPS) is 18.6. The molecule has 1 amide bonds. The molecule has 0 saturated carbocycles. The van der Waals surface area contributed by atoms with Crippen LogP contribution in [0.5, 0.6) is 0 Å². The third-order valence-corrected chi connectivity index (χ3v) is 7.58. The van der Waals surface area contributed by atoms with Crippen LogP contribution in [0.4, 0.5) is 18.3 Å². The van der Waals surface area contributed by atoms with Gasteiger partial charge in [0.15, 0.2) is 10.8 Å². The fraction of sp³-hybridized carbons (Fsp3) is 0.444. The fourth-order valence-corrected chi connectivity index (χ4v) is 5.63. The van der Waals surface area contributed by atoms with Crippen molar-refractivity contribution in [2.24, 2.45) is 0 Å². The Morgan fingerprint density at radius 2 is 2.03 bits per heavy atom. The van der Waals surface area contributed by atoms with Gasteiger partial charge in [0.1, 0.15) is 0 Å². The van der Waals surface area contributed by atoms with Gasteiger partial charge in [-0.25, -0.2) is 13.4 Å². The van der Waals surface area contributed by atoms with E-state index in [-0.39, 0.29) is 21.6 Å². The molecule has 1 saturated heterocycles. The van der Waals surface area contributed by atoms with Crippen molar-refractivity contribution >= 4 is 32.4 Å². The second kappa shape index (κ2) is 8.04. The number of amides is 1. The van der Waals surface area contributed by atoms with Crippen molar-refractivity contribution in [2.45, 2.75) is 50.2 Å². The zero-order chi connectivity index (χ0) is 21.4. The summed E-state index contributed by atoms with van der Waals surface area (Å²) in [7, 11) is -3.78. The maximum Gasteiger partial charge on any atom is 0.434 e. The van der Waals surface area contributed by atoms with Crippen LogP contribution < -0.4 is 5.32 Å². The van der Waals surface area contributed by atoms with E-state index in [4.69, 9.17) is 0 Å². The molecule has 1 atom stereocenters. The molecule has 3 rings (SSSR count). The molecular weight excluding hydrogens is 427 g/mol. The van der Waals surface area contributed by atoms with E-state index in [1.165, 1.54) is 22.5 Å². The predicted octanol–water partition coefficient (Wildman–Crippen LogP) is 4.29. The summed E-state index contributed by atoms with van der Waals surface area (Å²) in [5, 5.41) is 2.92. The van der Waals surface area contributed by atoms with E-state index in [0.717, 1.165) is 24.6 Å². The van der Waals surface area contributed by atoms with Gasteiger partial charge in [-0.15, -0.1) is 11.3 Å². The lowest BCUT2D eigenvalue weighted by molar-refractivity contribution is -0.140. The van der Waals surface area contributed by atoms with Crippen LogP contribution in [0.2, 0.25) is 0 Å². The molecule has 29 heavy (non-hydrogen) atoms. The molecule has 0 spiro atoms. The molecule has 0 bridgehead atoms. The predicted molar refractivity (Wildman–Crippen MR) is 103 cm³/mol. The number of rotatable bonds is 4. The number of alkyl halides is 3. The zero-order valence-electron chi connectivity index (χ0n) is 15.8. The van der Waals surface area contributed by atoms with Crippen molar-refractivity contribution in [1.29, 1.82) is 0 Å². The van der Waals surface area contributed by atoms with Gasteiger partial charge in [0.05, 0.1) is 4.90 Å². The van der Waals surface area contributed by atoms with Gasteiger partial charge in [0, 0.05) is 23.5 Å². The maximum atomic E-state index is 13.0. The van der Waals surface area contributed by atoms with Crippen LogP contribution in [0.15, 0.2) is 28.5 Å². The first-order valence-electron chi connectivity index (χ1n) is 8.96. The Morgan fingerprint density at radius 3 is 2.66 bits per heavy atom. The second-order valence-electron chi connectivity index (χ2n) is 6.93. The molecule has 2 heterocycles. The largest absolute Gasteiger partial charge is 0.434 e. The van der Waals surface area contributed by atoms with Crippen molar-refractivity contribution in [3.63, 3.8) is 0 Å². The van der Waals surface area contributed by atoms with Crippen LogP contribution >= 0.6 is 11.3 Å². The summed E-state index contributed by atoms with van der Waals surface area (Å²) in [6, 6.07) is 4.08. The molecule has 158 valence electrons. The molecule has 6 nitrogen and oxygen atoms in total. The number of carbonyl (C=O) groups excluding carboxylic acids is 1. The van der Waals surface area contributed by atoms with Crippen LogP contribution in [0.1, 0.15) is 47.8 Å². The van der Waals surface area contributed by atoms with E-state index < -0.39 is 27.8 Å². The van der Waals surface area contributed by atoms with Gasteiger partial charge in [0.25, 0.3) is 5.91 Å². The minimum absolute atomic E-state index is 0.0166. The number of halogens is 3. The zero-order valence-corrected chi connectivity index (χ0v) is 17.4. The number of hydrogen-bond donors (Lipinski definition) is 1. The smallest absolute Gasteiger partial charge is 0.298 e. The summed E-state index contributed by atoms with van der Waals surface area (Å²) >= 11 is 0.648. The number of anilines is 1. The van der Waals surface area contributed by atoms with E-state index in [9.17, 15) is 26.4 Å². The number of hydrogen-bond acceptors (Lipinski definition) is 5. The number of piperidine rings is 1. The lowest BCUT2D eigenvalue weighted by Crippen LogP contribution is -2.42. The molecule has 1 N–H and O–H groups in total. The topological polar surface area (TPSA) is 79.4 Å². The van der Waals surface area contributed by atoms with Crippen LogP contribution in [0.25, 0.3) is 0 Å². The van der Waals surface area contributed by atoms with Gasteiger partial charge in [-0.1, -0.05) is 12.5 Å². The van der Waals surface area contributed by atoms with Crippen molar-refractivity contribution in [1.82, 2.24) is 9.29 Å². The molecule has 1 unspecified atom stereocenters. The molecular formula is C18H20F3N3O3S2. The van der Waals surface area contributed by atoms with Crippen molar-refractivity contribution in [3.8, 4) is 0 Å². The Balaban J connectivity index is 1.87. The fourth-order valence-electron chi connectivity index (χ4n) is 3.20. The Kier molecular flexibility index (Phi) is 6.02. The van der Waals surface area contributed by atoms with E-state index in [1.54, 1.807) is 6.92 Å². The van der Waals surface area contributed by atoms with Gasteiger partial charge in [-0.2, -0.15) is 17.5 Å². The van der Waals surface area contributed by atoms with E-state index in [0.29, 0.717) is 23.4 Å². The summed E-state index contributed by atoms with van der Waals surface area (Å²) in [5.74, 6) is -0.714. The SMILES string of the molecule is Cc1ccc(S(=O)(=O)N2CCCCC2C)cc1C(=O)Nc1nc(C(F)(F)F)cs1. The number of carbonyl (C=O) groups is 1. The van der Waals surface area contributed by atoms with Gasteiger partial charge in [-0.05, 0) is 44.4 Å². The highest BCUT2D eigenvalue weighted by Gasteiger charge is 2.34. The van der Waals surface area contributed by atoms with Gasteiger partial charge >= 0.3 is 6.18 Å². The van der Waals surface area contributed by atoms with Gasteiger partial charge < -0.3 is 0 Å². The quantitative estimate of drug-likeness (QED) is 0.759. The first kappa shape index (κ1) is 21.7. The van der Waals surface area contributed by atoms with Crippen molar-refractivity contribution < 1.29 is 26.4 Å². The number of aryl methyl sites for hydroxylation is 1. The van der Waals surface area contributed by atoms with Crippen LogP contribution in [-0.4, -0.2) is 36.2 Å². The highest BCUT2D eigenvalue weighted by atomic mass is 32.2. The van der Waals surface area contributed by atoms with Crippen molar-refractivity contribution in [3.05, 3.63) is 40.4 Å². The Morgan fingerprint density at radius 1 is 1.31 bits per heavy atom. The monoisotopic (exact) mass is 447 g/mol. The lowest BCUT2D eigenvalue weighted by Gasteiger charge is -2.32. The molecule has 1 aromatic heterocycles. The summed E-state index contributed by atoms with van der Waals surface area (Å²) in [6.45, 7) is 3.88. The first-order valence-corrected chi connectivity index (χ1v) is 11.3. The average molecular weight is 448 g/mol. The number of nitrogens with zero attached hydrogens (tertiary/aromatic N) is 2. The van der Waals surface area contributed by atoms with Crippen LogP contribution in [0.3, 0.4) is 0 Å². The molecule has 0 radical (unpaired) electrons. The van der Waals surface area contributed by atoms with E-state index >= 15 is 0 Å². The Hall–Kier alpha value is -1.98. The minimum Gasteiger partial charge on any atom is -0.298 e. The van der Waals surface area contributed by atoms with Gasteiger partial charge in [-0.3, -0.25) is 10.1 Å². The maximum absolute atomic E-state index is 13.0. The highest BCUT2D eigenvalue weighted by Crippen LogP contribution is 2.32. The van der Waals surface area contributed by atoms with E-state index in [2.05, 4.69) is 10.3 Å². The number of benzene rings is 1. The average Bonchev–Trinajstić information content (AvgIpc) is 3.11. The number of aromatic nitrogens is 1. The number of sulfonamides is 1. The molecule has 2 aromatic rings. The molecule has 11 heteroatoms. The summed E-state index contributed by atoms with van der Waals surface area (Å²) < 4.78 is 65.5. The van der Waals surface area contributed by atoms with E-state index in [1.807, 2.05) is 6.92 Å². The molecule has 1 aliphatic heterocycles. The second-order valence-corrected chi connectivity index (χ2v) is 9.68. The van der Waals surface area contributed by atoms with Crippen LogP contribution in [-0.2, 0) is 16.2 Å². The lowest BCUT2D eigenvalue weighted by atomic mass is 10.1. The summed E-state index contributed by atoms with van der Waals surface area (Å²) in [5.41, 5.74) is -0.523. The Bertz CT molecular complexity index is 1020. The van der Waals surface area contributed by atoms with Crippen molar-refractivity contribution in [2.75, 3.05) is 11.9 Å². The van der Waals surface area contributed by atoms with Gasteiger partial charge in [0.2, 0.25) is 10.0 Å². The summed E-state index contributed by atoms with van der Waals surface area (Å²) in [6.07, 6.45) is -2.10. The molecule has 1 aromatic carbocycles. The first-order chi connectivity index (χ1) is 13.5. The molecule has 1 aliphatic rings. The van der Waals surface area contributed by atoms with Crippen LogP contribution in [0, 0.1) is 6.92 Å². The third kappa shape index (κ3) is 4.62. The molecule has 0 aliphatic carbocycles. The third-order valence-electron chi connectivity index (χ3n) is 4.82. The number of thiazole rings is 1. The minimum atomic E-state index is -4.60. The highest BCUT2D eigenvalue weighted by molar-refractivity contribution is 7.89. The Labute approximate surface area is 170 Å².